The number of hydrogen-bond acceptors (Lipinski definition) is 2. The lowest BCUT2D eigenvalue weighted by Crippen LogP contribution is -1.98. The van der Waals surface area contributed by atoms with E-state index >= 15 is 0 Å². The van der Waals surface area contributed by atoms with E-state index in [4.69, 9.17) is 6.42 Å². The maximum Gasteiger partial charge on any atom is 0.0657 e. The zero-order valence-corrected chi connectivity index (χ0v) is 6.46. The van der Waals surface area contributed by atoms with Gasteiger partial charge in [0.15, 0.2) is 0 Å². The second kappa shape index (κ2) is 3.62. The summed E-state index contributed by atoms with van der Waals surface area (Å²) in [5.41, 5.74) is 1.79. The first-order valence-electron chi connectivity index (χ1n) is 3.53. The van der Waals surface area contributed by atoms with Crippen molar-refractivity contribution in [2.24, 2.45) is 0 Å². The lowest BCUT2D eigenvalue weighted by Gasteiger charge is -2.03. The molecule has 0 aliphatic carbocycles. The fourth-order valence-corrected chi connectivity index (χ4v) is 0.854. The summed E-state index contributed by atoms with van der Waals surface area (Å²) >= 11 is 0. The Morgan fingerprint density at radius 3 is 3.18 bits per heavy atom. The summed E-state index contributed by atoms with van der Waals surface area (Å²) in [5, 5.41) is 3.14. The third-order valence-electron chi connectivity index (χ3n) is 1.34. The van der Waals surface area contributed by atoms with Crippen LogP contribution in [0.4, 0.5) is 5.69 Å². The molecule has 1 aromatic heterocycles. The molecule has 1 aromatic rings. The van der Waals surface area contributed by atoms with Crippen LogP contribution in [0.3, 0.4) is 0 Å². The molecule has 0 unspecified atom stereocenters. The minimum Gasteiger partial charge on any atom is -0.384 e. The second-order valence-corrected chi connectivity index (χ2v) is 2.10. The topological polar surface area (TPSA) is 24.9 Å². The van der Waals surface area contributed by atoms with Crippen LogP contribution in [0.1, 0.15) is 12.5 Å². The lowest BCUT2D eigenvalue weighted by molar-refractivity contribution is 1.19. The van der Waals surface area contributed by atoms with Crippen LogP contribution in [0.2, 0.25) is 0 Å². The van der Waals surface area contributed by atoms with Crippen molar-refractivity contribution in [3.8, 4) is 12.3 Å². The molecule has 0 saturated heterocycles. The van der Waals surface area contributed by atoms with Gasteiger partial charge in [0.2, 0.25) is 0 Å². The van der Waals surface area contributed by atoms with E-state index in [0.29, 0.717) is 0 Å². The molecule has 56 valence electrons. The van der Waals surface area contributed by atoms with Gasteiger partial charge in [-0.1, -0.05) is 5.92 Å². The van der Waals surface area contributed by atoms with Crippen LogP contribution < -0.4 is 5.32 Å². The van der Waals surface area contributed by atoms with Gasteiger partial charge in [-0.3, -0.25) is 4.98 Å². The number of pyridine rings is 1. The molecule has 2 heteroatoms. The van der Waals surface area contributed by atoms with Crippen LogP contribution in [-0.2, 0) is 0 Å². The van der Waals surface area contributed by atoms with Crippen LogP contribution in [0.5, 0.6) is 0 Å². The first-order valence-corrected chi connectivity index (χ1v) is 3.53. The van der Waals surface area contributed by atoms with E-state index in [9.17, 15) is 0 Å². The highest BCUT2D eigenvalue weighted by Gasteiger charge is 1.94. The fourth-order valence-electron chi connectivity index (χ4n) is 0.854. The zero-order chi connectivity index (χ0) is 8.10. The van der Waals surface area contributed by atoms with Gasteiger partial charge in [0.1, 0.15) is 0 Å². The standard InChI is InChI=1S/C9H10N2/c1-3-8-7-10-6-5-9(8)11-4-2/h1,5-7H,4H2,2H3,(H,10,11). The number of hydrogen-bond donors (Lipinski definition) is 1. The number of rotatable bonds is 2. The SMILES string of the molecule is C#Cc1cnccc1NCC. The molecule has 2 nitrogen and oxygen atoms in total. The van der Waals surface area contributed by atoms with Crippen molar-refractivity contribution in [3.05, 3.63) is 24.0 Å². The van der Waals surface area contributed by atoms with Gasteiger partial charge in [-0.2, -0.15) is 0 Å². The Morgan fingerprint density at radius 2 is 2.55 bits per heavy atom. The molecular weight excluding hydrogens is 136 g/mol. The number of nitrogens with one attached hydrogen (secondary N) is 1. The molecule has 0 amide bonds. The van der Waals surface area contributed by atoms with Crippen LogP contribution in [0.25, 0.3) is 0 Å². The predicted molar refractivity (Wildman–Crippen MR) is 46.3 cm³/mol. The molecule has 0 aliphatic heterocycles. The molecule has 0 radical (unpaired) electrons. The van der Waals surface area contributed by atoms with Gasteiger partial charge in [0.05, 0.1) is 11.3 Å². The van der Waals surface area contributed by atoms with Gasteiger partial charge >= 0.3 is 0 Å². The van der Waals surface area contributed by atoms with Crippen molar-refractivity contribution in [2.45, 2.75) is 6.92 Å². The van der Waals surface area contributed by atoms with E-state index in [2.05, 4.69) is 16.2 Å². The predicted octanol–water partition coefficient (Wildman–Crippen LogP) is 1.49. The molecule has 1 heterocycles. The molecule has 0 atom stereocenters. The average Bonchev–Trinajstić information content (AvgIpc) is 2.06. The van der Waals surface area contributed by atoms with E-state index in [0.717, 1.165) is 17.8 Å². The number of anilines is 1. The lowest BCUT2D eigenvalue weighted by atomic mass is 10.2. The van der Waals surface area contributed by atoms with E-state index in [1.165, 1.54) is 0 Å². The highest BCUT2D eigenvalue weighted by molar-refractivity contribution is 5.56. The van der Waals surface area contributed by atoms with Crippen LogP contribution >= 0.6 is 0 Å². The Kier molecular flexibility index (Phi) is 2.51. The minimum atomic E-state index is 0.814. The Balaban J connectivity index is 2.95. The molecular formula is C9H10N2. The first-order chi connectivity index (χ1) is 5.38. The van der Waals surface area contributed by atoms with Gasteiger partial charge in [0, 0.05) is 18.9 Å². The molecule has 0 aliphatic rings. The largest absolute Gasteiger partial charge is 0.384 e. The highest BCUT2D eigenvalue weighted by Crippen LogP contribution is 2.10. The Labute approximate surface area is 66.7 Å². The second-order valence-electron chi connectivity index (χ2n) is 2.10. The van der Waals surface area contributed by atoms with Crippen molar-refractivity contribution >= 4 is 5.69 Å². The highest BCUT2D eigenvalue weighted by atomic mass is 14.9. The van der Waals surface area contributed by atoms with Gasteiger partial charge in [0.25, 0.3) is 0 Å². The fraction of sp³-hybridized carbons (Fsp3) is 0.222. The third kappa shape index (κ3) is 1.71. The minimum absolute atomic E-state index is 0.814. The van der Waals surface area contributed by atoms with Crippen molar-refractivity contribution in [2.75, 3.05) is 11.9 Å². The smallest absolute Gasteiger partial charge is 0.0657 e. The summed E-state index contributed by atoms with van der Waals surface area (Å²) < 4.78 is 0. The monoisotopic (exact) mass is 146 g/mol. The van der Waals surface area contributed by atoms with E-state index in [1.54, 1.807) is 12.4 Å². The summed E-state index contributed by atoms with van der Waals surface area (Å²) in [6.07, 6.45) is 8.65. The van der Waals surface area contributed by atoms with Gasteiger partial charge in [-0.25, -0.2) is 0 Å². The maximum atomic E-state index is 5.25. The maximum absolute atomic E-state index is 5.25. The number of terminal acetylenes is 1. The summed E-state index contributed by atoms with van der Waals surface area (Å²) in [5.74, 6) is 2.56. The van der Waals surface area contributed by atoms with Crippen LogP contribution in [-0.4, -0.2) is 11.5 Å². The molecule has 0 aromatic carbocycles. The molecule has 1 rings (SSSR count). The summed E-state index contributed by atoms with van der Waals surface area (Å²) in [6.45, 7) is 2.90. The first kappa shape index (κ1) is 7.62. The quantitative estimate of drug-likeness (QED) is 0.639. The summed E-state index contributed by atoms with van der Waals surface area (Å²) in [6, 6.07) is 1.87. The number of aromatic nitrogens is 1. The van der Waals surface area contributed by atoms with E-state index in [-0.39, 0.29) is 0 Å². The van der Waals surface area contributed by atoms with Crippen molar-refractivity contribution in [3.63, 3.8) is 0 Å². The normalized spacial score (nSPS) is 8.73. The molecule has 0 fully saturated rings. The zero-order valence-electron chi connectivity index (χ0n) is 6.46. The van der Waals surface area contributed by atoms with Crippen LogP contribution in [0.15, 0.2) is 18.5 Å². The number of nitrogens with zero attached hydrogens (tertiary/aromatic N) is 1. The van der Waals surface area contributed by atoms with Crippen molar-refractivity contribution in [1.29, 1.82) is 0 Å². The van der Waals surface area contributed by atoms with E-state index < -0.39 is 0 Å². The molecule has 0 spiro atoms. The summed E-state index contributed by atoms with van der Waals surface area (Å²) in [4.78, 5) is 3.92. The van der Waals surface area contributed by atoms with E-state index in [1.807, 2.05) is 13.0 Å². The molecule has 0 bridgehead atoms. The van der Waals surface area contributed by atoms with Gasteiger partial charge < -0.3 is 5.32 Å². The Bertz CT molecular complexity index is 273. The molecule has 1 N–H and O–H groups in total. The average molecular weight is 146 g/mol. The van der Waals surface area contributed by atoms with Gasteiger partial charge in [-0.15, -0.1) is 6.42 Å². The molecule has 0 saturated carbocycles. The van der Waals surface area contributed by atoms with Crippen molar-refractivity contribution < 1.29 is 0 Å². The third-order valence-corrected chi connectivity index (χ3v) is 1.34. The van der Waals surface area contributed by atoms with Crippen LogP contribution in [0, 0.1) is 12.3 Å². The van der Waals surface area contributed by atoms with Crippen molar-refractivity contribution in [1.82, 2.24) is 4.98 Å². The molecule has 11 heavy (non-hydrogen) atoms. The van der Waals surface area contributed by atoms with Gasteiger partial charge in [-0.05, 0) is 13.0 Å². The Morgan fingerprint density at radius 1 is 1.73 bits per heavy atom. The Hall–Kier alpha value is -1.49. The summed E-state index contributed by atoms with van der Waals surface area (Å²) in [7, 11) is 0.